The van der Waals surface area contributed by atoms with Gasteiger partial charge in [0.25, 0.3) is 9.84 Å². The highest BCUT2D eigenvalue weighted by molar-refractivity contribution is 7.92. The van der Waals surface area contributed by atoms with Crippen molar-refractivity contribution in [1.29, 1.82) is 0 Å². The number of nitrogens with zero attached hydrogens (tertiary/aromatic N) is 3. The second kappa shape index (κ2) is 7.68. The number of aromatic hydroxyl groups is 1. The van der Waals surface area contributed by atoms with Gasteiger partial charge >= 0.3 is 11.2 Å². The van der Waals surface area contributed by atoms with Crippen molar-refractivity contribution in [3.05, 3.63) is 82.0 Å². The van der Waals surface area contributed by atoms with E-state index in [9.17, 15) is 31.5 Å². The Morgan fingerprint density at radius 3 is 2.38 bits per heavy atom. The van der Waals surface area contributed by atoms with E-state index in [1.54, 1.807) is 24.3 Å². The van der Waals surface area contributed by atoms with Crippen molar-refractivity contribution in [3.63, 3.8) is 0 Å². The third-order valence-corrected chi connectivity index (χ3v) is 6.64. The maximum Gasteiger partial charge on any atom is 0.501 e. The number of hydrogen-bond donors (Lipinski definition) is 1. The molecule has 0 bridgehead atoms. The zero-order valence-electron chi connectivity index (χ0n) is 15.9. The molecule has 0 aliphatic heterocycles. The van der Waals surface area contributed by atoms with E-state index in [-0.39, 0.29) is 12.2 Å². The maximum absolute atomic E-state index is 12.9. The zero-order chi connectivity index (χ0) is 23.3. The lowest BCUT2D eigenvalue weighted by molar-refractivity contribution is -0.0436. The Labute approximate surface area is 183 Å². The number of alkyl halides is 3. The third-order valence-electron chi connectivity index (χ3n) is 4.81. The highest BCUT2D eigenvalue weighted by atomic mass is 35.5. The molecule has 0 saturated carbocycles. The van der Waals surface area contributed by atoms with Gasteiger partial charge in [0.1, 0.15) is 0 Å². The third kappa shape index (κ3) is 3.63. The predicted molar refractivity (Wildman–Crippen MR) is 111 cm³/mol. The monoisotopic (exact) mass is 483 g/mol. The molecule has 0 atom stereocenters. The number of benzene rings is 2. The average Bonchev–Trinajstić information content (AvgIpc) is 3.02. The van der Waals surface area contributed by atoms with Crippen molar-refractivity contribution < 1.29 is 26.7 Å². The van der Waals surface area contributed by atoms with Gasteiger partial charge in [-0.1, -0.05) is 29.8 Å². The van der Waals surface area contributed by atoms with Gasteiger partial charge in [-0.3, -0.25) is 9.55 Å². The SMILES string of the molecule is O=c1n(Cc2c(Cl)cnc3ccccc23)cc(O)n1-c1ccc(S(=O)(=O)C(F)(F)F)cc1. The first-order valence-corrected chi connectivity index (χ1v) is 10.8. The van der Waals surface area contributed by atoms with Gasteiger partial charge in [0.15, 0.2) is 0 Å². The summed E-state index contributed by atoms with van der Waals surface area (Å²) in [7, 11) is -5.53. The number of para-hydroxylation sites is 1. The quantitative estimate of drug-likeness (QED) is 0.475. The van der Waals surface area contributed by atoms with Crippen molar-refractivity contribution >= 4 is 32.3 Å². The zero-order valence-corrected chi connectivity index (χ0v) is 17.5. The molecule has 4 rings (SSSR count). The van der Waals surface area contributed by atoms with Crippen LogP contribution in [0.1, 0.15) is 5.56 Å². The fourth-order valence-electron chi connectivity index (χ4n) is 3.25. The lowest BCUT2D eigenvalue weighted by Crippen LogP contribution is -2.24. The molecular formula is C20H13ClF3N3O4S. The van der Waals surface area contributed by atoms with E-state index < -0.39 is 31.8 Å². The molecule has 0 amide bonds. The summed E-state index contributed by atoms with van der Waals surface area (Å²) < 4.78 is 63.2. The number of fused-ring (bicyclic) bond motifs is 1. The number of aromatic nitrogens is 3. The van der Waals surface area contributed by atoms with Crippen LogP contribution in [0.4, 0.5) is 13.2 Å². The summed E-state index contributed by atoms with van der Waals surface area (Å²) >= 11 is 6.27. The van der Waals surface area contributed by atoms with Gasteiger partial charge in [-0.15, -0.1) is 0 Å². The van der Waals surface area contributed by atoms with Gasteiger partial charge in [0.2, 0.25) is 5.88 Å². The van der Waals surface area contributed by atoms with E-state index in [4.69, 9.17) is 11.6 Å². The molecule has 7 nitrogen and oxygen atoms in total. The van der Waals surface area contributed by atoms with Gasteiger partial charge in [-0.25, -0.2) is 17.8 Å². The number of hydrogen-bond acceptors (Lipinski definition) is 5. The van der Waals surface area contributed by atoms with Gasteiger partial charge in [-0.2, -0.15) is 13.2 Å². The second-order valence-corrected chi connectivity index (χ2v) is 9.13. The van der Waals surface area contributed by atoms with Crippen molar-refractivity contribution in [2.45, 2.75) is 16.9 Å². The van der Waals surface area contributed by atoms with Gasteiger partial charge < -0.3 is 5.11 Å². The van der Waals surface area contributed by atoms with Crippen LogP contribution in [0.2, 0.25) is 5.02 Å². The number of imidazole rings is 1. The maximum atomic E-state index is 12.9. The minimum Gasteiger partial charge on any atom is -0.493 e. The van der Waals surface area contributed by atoms with Crippen LogP contribution in [0.3, 0.4) is 0 Å². The summed E-state index contributed by atoms with van der Waals surface area (Å²) in [6.07, 6.45) is 2.59. The minimum atomic E-state index is -5.53. The van der Waals surface area contributed by atoms with E-state index in [2.05, 4.69) is 4.98 Å². The molecule has 166 valence electrons. The number of pyridine rings is 1. The van der Waals surface area contributed by atoms with Crippen LogP contribution in [0.5, 0.6) is 5.88 Å². The topological polar surface area (TPSA) is 94.2 Å². The molecule has 4 aromatic rings. The molecule has 1 N–H and O–H groups in total. The Kier molecular flexibility index (Phi) is 5.25. The minimum absolute atomic E-state index is 0.0121. The number of halogens is 4. The Hall–Kier alpha value is -3.31. The largest absolute Gasteiger partial charge is 0.501 e. The van der Waals surface area contributed by atoms with Crippen LogP contribution in [0.15, 0.2) is 70.6 Å². The summed E-state index contributed by atoms with van der Waals surface area (Å²) in [4.78, 5) is 16.1. The standard InChI is InChI=1S/C20H13ClF3N3O4S/c21-16-9-25-17-4-2-1-3-14(17)15(16)10-26-11-18(28)27(19(26)29)12-5-7-13(8-6-12)32(30,31)20(22,23)24/h1-9,11,28H,10H2. The molecule has 2 heterocycles. The molecule has 0 aliphatic rings. The van der Waals surface area contributed by atoms with Crippen molar-refractivity contribution in [2.24, 2.45) is 0 Å². The molecule has 0 radical (unpaired) electrons. The summed E-state index contributed by atoms with van der Waals surface area (Å²) in [5.41, 5.74) is -4.93. The van der Waals surface area contributed by atoms with E-state index in [1.807, 2.05) is 0 Å². The van der Waals surface area contributed by atoms with Crippen LogP contribution in [0, 0.1) is 0 Å². The Balaban J connectivity index is 1.74. The Morgan fingerprint density at radius 1 is 1.06 bits per heavy atom. The van der Waals surface area contributed by atoms with Crippen LogP contribution in [-0.4, -0.2) is 33.2 Å². The molecule has 12 heteroatoms. The number of rotatable bonds is 4. The molecule has 0 saturated heterocycles. The fraction of sp³-hybridized carbons (Fsp3) is 0.100. The molecule has 0 unspecified atom stereocenters. The van der Waals surface area contributed by atoms with Crippen molar-refractivity contribution in [1.82, 2.24) is 14.1 Å². The van der Waals surface area contributed by atoms with Crippen LogP contribution < -0.4 is 5.69 Å². The Bertz CT molecular complexity index is 1490. The highest BCUT2D eigenvalue weighted by Gasteiger charge is 2.46. The van der Waals surface area contributed by atoms with Crippen molar-refractivity contribution in [3.8, 4) is 11.6 Å². The first-order chi connectivity index (χ1) is 15.0. The summed E-state index contributed by atoms with van der Waals surface area (Å²) in [5.74, 6) is -0.490. The molecule has 0 spiro atoms. The van der Waals surface area contributed by atoms with Crippen LogP contribution >= 0.6 is 11.6 Å². The molecular weight excluding hydrogens is 471 g/mol. The van der Waals surface area contributed by atoms with E-state index in [0.29, 0.717) is 33.6 Å². The van der Waals surface area contributed by atoms with E-state index >= 15 is 0 Å². The Morgan fingerprint density at radius 2 is 1.72 bits per heavy atom. The average molecular weight is 484 g/mol. The van der Waals surface area contributed by atoms with Gasteiger partial charge in [0, 0.05) is 17.1 Å². The second-order valence-electron chi connectivity index (χ2n) is 6.78. The molecule has 2 aromatic heterocycles. The van der Waals surface area contributed by atoms with E-state index in [1.165, 1.54) is 10.8 Å². The fourth-order valence-corrected chi connectivity index (χ4v) is 4.22. The van der Waals surface area contributed by atoms with E-state index in [0.717, 1.165) is 22.9 Å². The lowest BCUT2D eigenvalue weighted by Gasteiger charge is -2.09. The van der Waals surface area contributed by atoms with Crippen LogP contribution in [-0.2, 0) is 16.4 Å². The first kappa shape index (κ1) is 21.9. The predicted octanol–water partition coefficient (Wildman–Crippen LogP) is 3.89. The lowest BCUT2D eigenvalue weighted by atomic mass is 10.1. The summed E-state index contributed by atoms with van der Waals surface area (Å²) in [5, 5.41) is 11.3. The van der Waals surface area contributed by atoms with Gasteiger partial charge in [0.05, 0.1) is 33.9 Å². The molecule has 0 aliphatic carbocycles. The van der Waals surface area contributed by atoms with Gasteiger partial charge in [-0.05, 0) is 30.3 Å². The van der Waals surface area contributed by atoms with Crippen molar-refractivity contribution in [2.75, 3.05) is 0 Å². The summed E-state index contributed by atoms with van der Waals surface area (Å²) in [6.45, 7) is -0.0121. The summed E-state index contributed by atoms with van der Waals surface area (Å²) in [6, 6.07) is 10.6. The highest BCUT2D eigenvalue weighted by Crippen LogP contribution is 2.31. The molecule has 0 fully saturated rings. The normalized spacial score (nSPS) is 12.4. The molecule has 2 aromatic carbocycles. The smallest absolute Gasteiger partial charge is 0.493 e. The first-order valence-electron chi connectivity index (χ1n) is 8.96. The number of sulfone groups is 1. The molecule has 32 heavy (non-hydrogen) atoms. The van der Waals surface area contributed by atoms with Crippen LogP contribution in [0.25, 0.3) is 16.6 Å².